The minimum absolute atomic E-state index is 0.0357. The van der Waals surface area contributed by atoms with Crippen molar-refractivity contribution in [1.82, 2.24) is 24.8 Å². The number of aromatic amines is 1. The normalized spacial score (nSPS) is 11.2. The number of carbonyl (C=O) groups excluding carboxylic acids is 1. The van der Waals surface area contributed by atoms with Crippen LogP contribution in [0.2, 0.25) is 0 Å². The summed E-state index contributed by atoms with van der Waals surface area (Å²) in [5.74, 6) is -0.837. The van der Waals surface area contributed by atoms with Crippen molar-refractivity contribution in [2.24, 2.45) is 7.05 Å². The summed E-state index contributed by atoms with van der Waals surface area (Å²) in [6.45, 7) is 3.40. The number of fused-ring (bicyclic) bond motifs is 1. The van der Waals surface area contributed by atoms with Gasteiger partial charge in [0.15, 0.2) is 0 Å². The van der Waals surface area contributed by atoms with E-state index in [0.717, 1.165) is 4.68 Å². The molecule has 0 unspecified atom stereocenters. The second-order valence-electron chi connectivity index (χ2n) is 7.12. The van der Waals surface area contributed by atoms with Crippen LogP contribution in [0.15, 0.2) is 46.0 Å². The summed E-state index contributed by atoms with van der Waals surface area (Å²) >= 11 is 0. The van der Waals surface area contributed by atoms with Gasteiger partial charge < -0.3 is 0 Å². The van der Waals surface area contributed by atoms with E-state index in [1.165, 1.54) is 23.9 Å². The molecule has 0 bridgehead atoms. The van der Waals surface area contributed by atoms with Crippen LogP contribution < -0.4 is 11.1 Å². The molecule has 0 saturated carbocycles. The third-order valence-corrected chi connectivity index (χ3v) is 5.10. The maximum atomic E-state index is 13.1. The number of nitrogens with zero attached hydrogens (tertiary/aromatic N) is 4. The Balaban J connectivity index is 1.84. The van der Waals surface area contributed by atoms with E-state index in [1.807, 2.05) is 0 Å². The summed E-state index contributed by atoms with van der Waals surface area (Å²) in [4.78, 5) is 38.5. The Bertz CT molecular complexity index is 1410. The maximum Gasteiger partial charge on any atom is 0.278 e. The van der Waals surface area contributed by atoms with Crippen LogP contribution in [-0.4, -0.2) is 30.6 Å². The van der Waals surface area contributed by atoms with Crippen LogP contribution in [0.25, 0.3) is 10.9 Å². The lowest BCUT2D eigenvalue weighted by Gasteiger charge is -2.09. The summed E-state index contributed by atoms with van der Waals surface area (Å²) < 4.78 is 15.5. The number of halogens is 1. The minimum atomic E-state index is -0.463. The Morgan fingerprint density at radius 3 is 2.40 bits per heavy atom. The van der Waals surface area contributed by atoms with Crippen molar-refractivity contribution in [3.63, 3.8) is 0 Å². The summed E-state index contributed by atoms with van der Waals surface area (Å²) in [7, 11) is 1.53. The van der Waals surface area contributed by atoms with Crippen LogP contribution in [0.1, 0.15) is 32.7 Å². The van der Waals surface area contributed by atoms with Gasteiger partial charge in [-0.25, -0.2) is 9.07 Å². The molecule has 0 saturated heterocycles. The number of aryl methyl sites for hydroxylation is 3. The monoisotopic (exact) mass is 407 g/mol. The summed E-state index contributed by atoms with van der Waals surface area (Å²) in [6.07, 6.45) is 0. The minimum Gasteiger partial charge on any atom is -0.299 e. The van der Waals surface area contributed by atoms with E-state index in [9.17, 15) is 18.8 Å². The lowest BCUT2D eigenvalue weighted by Crippen LogP contribution is -2.26. The van der Waals surface area contributed by atoms with Crippen LogP contribution in [0.4, 0.5) is 4.39 Å². The van der Waals surface area contributed by atoms with Gasteiger partial charge in [0.1, 0.15) is 16.9 Å². The molecule has 2 heterocycles. The average molecular weight is 407 g/mol. The Hall–Kier alpha value is -3.88. The van der Waals surface area contributed by atoms with Gasteiger partial charge in [0.05, 0.1) is 11.9 Å². The Labute approximate surface area is 169 Å². The molecule has 0 aliphatic rings. The lowest BCUT2D eigenvalue weighted by atomic mass is 9.97. The molecular weight excluding hydrogens is 389 g/mol. The lowest BCUT2D eigenvalue weighted by molar-refractivity contribution is 0.103. The van der Waals surface area contributed by atoms with Gasteiger partial charge in [-0.3, -0.25) is 24.2 Å². The SMILES string of the molecule is Cc1[nH]n(C)c(=O)c1C(=O)c1ccc2nnn(Cc3ccc(F)cc3)c(=O)c2c1C. The summed E-state index contributed by atoms with van der Waals surface area (Å²) in [6, 6.07) is 8.81. The van der Waals surface area contributed by atoms with E-state index in [-0.39, 0.29) is 28.9 Å². The number of H-pyrrole nitrogens is 1. The third kappa shape index (κ3) is 3.14. The van der Waals surface area contributed by atoms with Crippen molar-refractivity contribution in [1.29, 1.82) is 0 Å². The summed E-state index contributed by atoms with van der Waals surface area (Å²) in [5, 5.41) is 11.1. The first-order valence-corrected chi connectivity index (χ1v) is 9.19. The first-order chi connectivity index (χ1) is 14.3. The number of hydrogen-bond acceptors (Lipinski definition) is 5. The average Bonchev–Trinajstić information content (AvgIpc) is 2.97. The number of nitrogens with one attached hydrogen (secondary N) is 1. The van der Waals surface area contributed by atoms with Crippen molar-refractivity contribution in [2.75, 3.05) is 0 Å². The fourth-order valence-corrected chi connectivity index (χ4v) is 3.52. The van der Waals surface area contributed by atoms with Gasteiger partial charge in [-0.2, -0.15) is 0 Å². The van der Waals surface area contributed by atoms with Gasteiger partial charge in [-0.05, 0) is 49.2 Å². The van der Waals surface area contributed by atoms with Crippen molar-refractivity contribution in [2.45, 2.75) is 20.4 Å². The number of carbonyl (C=O) groups is 1. The first-order valence-electron chi connectivity index (χ1n) is 9.19. The largest absolute Gasteiger partial charge is 0.299 e. The molecule has 0 aliphatic heterocycles. The number of aromatic nitrogens is 5. The second kappa shape index (κ2) is 7.18. The van der Waals surface area contributed by atoms with Crippen molar-refractivity contribution < 1.29 is 9.18 Å². The molecule has 8 nitrogen and oxygen atoms in total. The standard InChI is InChI=1S/C21H18FN5O3/c1-11-15(19(28)18-12(2)24-26(3)20(18)29)8-9-16-17(11)21(30)27(25-23-16)10-13-4-6-14(22)7-5-13/h4-9,24H,10H2,1-3H3. The zero-order valence-corrected chi connectivity index (χ0v) is 16.6. The van der Waals surface area contributed by atoms with Crippen molar-refractivity contribution in [3.8, 4) is 0 Å². The van der Waals surface area contributed by atoms with E-state index in [4.69, 9.17) is 0 Å². The number of hydrogen-bond donors (Lipinski definition) is 1. The highest BCUT2D eigenvalue weighted by Gasteiger charge is 2.23. The molecule has 4 rings (SSSR count). The molecule has 0 amide bonds. The molecule has 1 N–H and O–H groups in total. The van der Waals surface area contributed by atoms with Crippen LogP contribution in [-0.2, 0) is 13.6 Å². The molecule has 0 radical (unpaired) electrons. The zero-order valence-electron chi connectivity index (χ0n) is 16.6. The number of ketones is 1. The van der Waals surface area contributed by atoms with Gasteiger partial charge in [0, 0.05) is 18.3 Å². The fraction of sp³-hybridized carbons (Fsp3) is 0.190. The number of rotatable bonds is 4. The highest BCUT2D eigenvalue weighted by Crippen LogP contribution is 2.20. The Morgan fingerprint density at radius 2 is 1.77 bits per heavy atom. The molecule has 9 heteroatoms. The Morgan fingerprint density at radius 1 is 1.07 bits per heavy atom. The van der Waals surface area contributed by atoms with E-state index < -0.39 is 16.9 Å². The quantitative estimate of drug-likeness (QED) is 0.520. The van der Waals surface area contributed by atoms with E-state index in [2.05, 4.69) is 15.4 Å². The molecule has 2 aromatic carbocycles. The predicted octanol–water partition coefficient (Wildman–Crippen LogP) is 1.85. The fourth-order valence-electron chi connectivity index (χ4n) is 3.52. The molecular formula is C21H18FN5O3. The van der Waals surface area contributed by atoms with Crippen LogP contribution in [0.3, 0.4) is 0 Å². The topological polar surface area (TPSA) is 103 Å². The zero-order chi connectivity index (χ0) is 21.6. The molecule has 152 valence electrons. The molecule has 0 spiro atoms. The van der Waals surface area contributed by atoms with Crippen molar-refractivity contribution >= 4 is 16.7 Å². The van der Waals surface area contributed by atoms with Gasteiger partial charge in [-0.1, -0.05) is 17.3 Å². The van der Waals surface area contributed by atoms with Crippen LogP contribution in [0.5, 0.6) is 0 Å². The maximum absolute atomic E-state index is 13.1. The van der Waals surface area contributed by atoms with Crippen molar-refractivity contribution in [3.05, 3.63) is 90.9 Å². The molecule has 4 aromatic rings. The van der Waals surface area contributed by atoms with Gasteiger partial charge in [0.25, 0.3) is 11.1 Å². The van der Waals surface area contributed by atoms with Gasteiger partial charge in [0.2, 0.25) is 5.78 Å². The van der Waals surface area contributed by atoms with Crippen LogP contribution in [0, 0.1) is 19.7 Å². The highest BCUT2D eigenvalue weighted by atomic mass is 19.1. The third-order valence-electron chi connectivity index (χ3n) is 5.10. The predicted molar refractivity (Wildman–Crippen MR) is 108 cm³/mol. The van der Waals surface area contributed by atoms with Gasteiger partial charge >= 0.3 is 0 Å². The molecule has 0 fully saturated rings. The van der Waals surface area contributed by atoms with E-state index in [0.29, 0.717) is 22.3 Å². The van der Waals surface area contributed by atoms with E-state index in [1.54, 1.807) is 38.1 Å². The van der Waals surface area contributed by atoms with Gasteiger partial charge in [-0.15, -0.1) is 5.10 Å². The molecule has 0 atom stereocenters. The van der Waals surface area contributed by atoms with Crippen LogP contribution >= 0.6 is 0 Å². The first kappa shape index (κ1) is 19.4. The summed E-state index contributed by atoms with van der Waals surface area (Å²) in [5.41, 5.74) is 1.34. The molecule has 0 aliphatic carbocycles. The smallest absolute Gasteiger partial charge is 0.278 e. The second-order valence-corrected chi connectivity index (χ2v) is 7.12. The molecule has 30 heavy (non-hydrogen) atoms. The highest BCUT2D eigenvalue weighted by molar-refractivity contribution is 6.12. The van der Waals surface area contributed by atoms with E-state index >= 15 is 0 Å². The Kier molecular flexibility index (Phi) is 4.65. The molecule has 2 aromatic heterocycles. The number of benzene rings is 2.